The molecule has 25 heavy (non-hydrogen) atoms. The lowest BCUT2D eigenvalue weighted by atomic mass is 9.87. The van der Waals surface area contributed by atoms with E-state index in [0.29, 0.717) is 17.7 Å². The van der Waals surface area contributed by atoms with Crippen LogP contribution in [-0.4, -0.2) is 12.5 Å². The summed E-state index contributed by atoms with van der Waals surface area (Å²) in [5.41, 5.74) is 2.60. The molecule has 1 unspecified atom stereocenters. The molecular weight excluding hydrogens is 320 g/mol. The summed E-state index contributed by atoms with van der Waals surface area (Å²) in [4.78, 5) is 12.5. The van der Waals surface area contributed by atoms with E-state index >= 15 is 0 Å². The Morgan fingerprint density at radius 2 is 1.76 bits per heavy atom. The number of hydrogen-bond acceptors (Lipinski definition) is 1. The summed E-state index contributed by atoms with van der Waals surface area (Å²) in [6, 6.07) is 9.26. The average molecular weight is 343 g/mol. The topological polar surface area (TPSA) is 29.1 Å². The molecule has 1 N–H and O–H groups in total. The Morgan fingerprint density at radius 1 is 1.08 bits per heavy atom. The fraction of sp³-hybridized carbons (Fsp3) is 0.381. The minimum Gasteiger partial charge on any atom is -0.351 e. The van der Waals surface area contributed by atoms with Crippen molar-refractivity contribution in [2.75, 3.05) is 6.54 Å². The van der Waals surface area contributed by atoms with E-state index < -0.39 is 17.0 Å². The largest absolute Gasteiger partial charge is 0.351 e. The molecule has 1 aliphatic carbocycles. The number of aryl methyl sites for hydroxylation is 2. The number of carbonyl (C=O) groups excluding carboxylic acids is 1. The average Bonchev–Trinajstić information content (AvgIpc) is 3.09. The van der Waals surface area contributed by atoms with Crippen LogP contribution in [0.15, 0.2) is 36.4 Å². The van der Waals surface area contributed by atoms with Crippen LogP contribution in [0.1, 0.15) is 47.3 Å². The molecule has 132 valence electrons. The number of nitrogens with one attached hydrogen (secondary N) is 1. The van der Waals surface area contributed by atoms with Crippen molar-refractivity contribution >= 4 is 5.91 Å². The first-order valence-electron chi connectivity index (χ1n) is 8.47. The first-order valence-corrected chi connectivity index (χ1v) is 8.47. The molecule has 1 fully saturated rings. The second-order valence-corrected chi connectivity index (χ2v) is 7.75. The monoisotopic (exact) mass is 343 g/mol. The van der Waals surface area contributed by atoms with Crippen molar-refractivity contribution < 1.29 is 13.6 Å². The highest BCUT2D eigenvalue weighted by Crippen LogP contribution is 2.64. The van der Waals surface area contributed by atoms with Gasteiger partial charge < -0.3 is 5.32 Å². The van der Waals surface area contributed by atoms with Crippen LogP contribution < -0.4 is 5.32 Å². The number of benzene rings is 2. The fourth-order valence-corrected chi connectivity index (χ4v) is 3.66. The van der Waals surface area contributed by atoms with Gasteiger partial charge in [0.25, 0.3) is 5.91 Å². The first-order chi connectivity index (χ1) is 11.7. The summed E-state index contributed by atoms with van der Waals surface area (Å²) in [7, 11) is 0. The van der Waals surface area contributed by atoms with E-state index in [9.17, 15) is 13.6 Å². The minimum absolute atomic E-state index is 0.151. The zero-order valence-electron chi connectivity index (χ0n) is 15.0. The molecular formula is C21H23F2NO. The zero-order chi connectivity index (χ0) is 18.4. The van der Waals surface area contributed by atoms with Gasteiger partial charge in [0.05, 0.1) is 0 Å². The van der Waals surface area contributed by atoms with Gasteiger partial charge in [-0.3, -0.25) is 4.79 Å². The maximum absolute atomic E-state index is 14.3. The molecule has 4 heteroatoms. The lowest BCUT2D eigenvalue weighted by Crippen LogP contribution is -2.35. The normalized spacial score (nSPS) is 21.0. The van der Waals surface area contributed by atoms with Gasteiger partial charge in [0.15, 0.2) is 0 Å². The van der Waals surface area contributed by atoms with Crippen LogP contribution in [0.25, 0.3) is 0 Å². The third-order valence-electron chi connectivity index (χ3n) is 5.68. The Balaban J connectivity index is 1.82. The SMILES string of the molecule is Cc1ccc(C(=O)NCC2(c3ccc(F)cc3F)CC2(C)C)cc1C. The third kappa shape index (κ3) is 3.06. The lowest BCUT2D eigenvalue weighted by molar-refractivity contribution is 0.0947. The number of halogens is 2. The standard InChI is InChI=1S/C21H23F2NO/c1-13-5-6-15(9-14(13)2)19(25)24-12-21(11-20(21,3)4)17-8-7-16(22)10-18(17)23/h5-10H,11-12H2,1-4H3,(H,24,25). The molecule has 2 aromatic carbocycles. The highest BCUT2D eigenvalue weighted by Gasteiger charge is 2.62. The van der Waals surface area contributed by atoms with Crippen molar-refractivity contribution in [3.8, 4) is 0 Å². The van der Waals surface area contributed by atoms with Gasteiger partial charge in [0, 0.05) is 23.6 Å². The maximum atomic E-state index is 14.3. The molecule has 2 nitrogen and oxygen atoms in total. The number of amides is 1. The lowest BCUT2D eigenvalue weighted by Gasteiger charge is -2.22. The second kappa shape index (κ2) is 5.94. The predicted octanol–water partition coefficient (Wildman–Crippen LogP) is 4.68. The highest BCUT2D eigenvalue weighted by molar-refractivity contribution is 5.94. The number of rotatable bonds is 4. The van der Waals surface area contributed by atoms with Gasteiger partial charge in [0.1, 0.15) is 11.6 Å². The molecule has 2 aromatic rings. The van der Waals surface area contributed by atoms with E-state index in [2.05, 4.69) is 5.32 Å². The molecule has 0 radical (unpaired) electrons. The molecule has 1 atom stereocenters. The fourth-order valence-electron chi connectivity index (χ4n) is 3.66. The summed E-state index contributed by atoms with van der Waals surface area (Å²) in [6.45, 7) is 8.37. The molecule has 0 bridgehead atoms. The van der Waals surface area contributed by atoms with Gasteiger partial charge in [-0.2, -0.15) is 0 Å². The van der Waals surface area contributed by atoms with Crippen LogP contribution in [0.4, 0.5) is 8.78 Å². The van der Waals surface area contributed by atoms with Crippen molar-refractivity contribution in [2.45, 2.75) is 39.5 Å². The summed E-state index contributed by atoms with van der Waals surface area (Å²) in [5, 5.41) is 2.95. The molecule has 1 aliphatic rings. The summed E-state index contributed by atoms with van der Waals surface area (Å²) in [5.74, 6) is -1.31. The van der Waals surface area contributed by atoms with Gasteiger partial charge in [-0.25, -0.2) is 8.78 Å². The summed E-state index contributed by atoms with van der Waals surface area (Å²) in [6.07, 6.45) is 0.746. The quantitative estimate of drug-likeness (QED) is 0.858. The van der Waals surface area contributed by atoms with Crippen molar-refractivity contribution in [3.63, 3.8) is 0 Å². The Morgan fingerprint density at radius 3 is 2.32 bits per heavy atom. The zero-order valence-corrected chi connectivity index (χ0v) is 15.0. The predicted molar refractivity (Wildman–Crippen MR) is 94.7 cm³/mol. The van der Waals surface area contributed by atoms with Crippen LogP contribution in [0, 0.1) is 30.9 Å². The molecule has 0 aromatic heterocycles. The molecule has 0 aliphatic heterocycles. The molecule has 0 heterocycles. The third-order valence-corrected chi connectivity index (χ3v) is 5.68. The molecule has 1 amide bonds. The van der Waals surface area contributed by atoms with Gasteiger partial charge in [-0.05, 0) is 60.6 Å². The van der Waals surface area contributed by atoms with Crippen LogP contribution in [0.3, 0.4) is 0 Å². The second-order valence-electron chi connectivity index (χ2n) is 7.75. The molecule has 0 spiro atoms. The van der Waals surface area contributed by atoms with Crippen molar-refractivity contribution in [1.29, 1.82) is 0 Å². The van der Waals surface area contributed by atoms with E-state index in [1.807, 2.05) is 39.8 Å². The van der Waals surface area contributed by atoms with Crippen molar-refractivity contribution in [3.05, 3.63) is 70.3 Å². The van der Waals surface area contributed by atoms with Gasteiger partial charge >= 0.3 is 0 Å². The van der Waals surface area contributed by atoms with Crippen molar-refractivity contribution in [1.82, 2.24) is 5.32 Å². The summed E-state index contributed by atoms with van der Waals surface area (Å²) >= 11 is 0. The van der Waals surface area contributed by atoms with E-state index in [1.54, 1.807) is 6.07 Å². The van der Waals surface area contributed by atoms with E-state index in [0.717, 1.165) is 23.6 Å². The Labute approximate surface area is 147 Å². The Kier molecular flexibility index (Phi) is 4.18. The molecule has 0 saturated heterocycles. The van der Waals surface area contributed by atoms with Crippen molar-refractivity contribution in [2.24, 2.45) is 5.41 Å². The van der Waals surface area contributed by atoms with E-state index in [-0.39, 0.29) is 11.3 Å². The molecule has 3 rings (SSSR count). The molecule has 1 saturated carbocycles. The van der Waals surface area contributed by atoms with E-state index in [4.69, 9.17) is 0 Å². The van der Waals surface area contributed by atoms with Gasteiger partial charge in [-0.1, -0.05) is 26.0 Å². The number of carbonyl (C=O) groups is 1. The van der Waals surface area contributed by atoms with Crippen LogP contribution in [0.2, 0.25) is 0 Å². The first kappa shape index (κ1) is 17.6. The van der Waals surface area contributed by atoms with Gasteiger partial charge in [0.2, 0.25) is 0 Å². The maximum Gasteiger partial charge on any atom is 0.251 e. The van der Waals surface area contributed by atoms with Crippen LogP contribution in [0.5, 0.6) is 0 Å². The Bertz CT molecular complexity index is 844. The van der Waals surface area contributed by atoms with Gasteiger partial charge in [-0.15, -0.1) is 0 Å². The minimum atomic E-state index is -0.589. The highest BCUT2D eigenvalue weighted by atomic mass is 19.1. The smallest absolute Gasteiger partial charge is 0.251 e. The van der Waals surface area contributed by atoms with Crippen LogP contribution >= 0.6 is 0 Å². The number of hydrogen-bond donors (Lipinski definition) is 1. The van der Waals surface area contributed by atoms with Crippen LogP contribution in [-0.2, 0) is 5.41 Å². The Hall–Kier alpha value is -2.23. The summed E-state index contributed by atoms with van der Waals surface area (Å²) < 4.78 is 27.6. The van der Waals surface area contributed by atoms with E-state index in [1.165, 1.54) is 12.1 Å².